The van der Waals surface area contributed by atoms with E-state index < -0.39 is 36.6 Å². The van der Waals surface area contributed by atoms with Crippen LogP contribution >= 0.6 is 7.44 Å². The van der Waals surface area contributed by atoms with Crippen molar-refractivity contribution in [3.8, 4) is 0 Å². The van der Waals surface area contributed by atoms with Crippen molar-refractivity contribution >= 4 is 36.4 Å². The molecule has 2 aromatic rings. The molecule has 1 unspecified atom stereocenters. The average molecular weight is 638 g/mol. The van der Waals surface area contributed by atoms with Crippen molar-refractivity contribution < 1.29 is 28.4 Å². The summed E-state index contributed by atoms with van der Waals surface area (Å²) in [6, 6.07) is 0. The summed E-state index contributed by atoms with van der Waals surface area (Å²) in [5.41, 5.74) is 4.54. The maximum absolute atomic E-state index is 14.6. The van der Waals surface area contributed by atoms with Gasteiger partial charge in [-0.3, -0.25) is 14.2 Å². The van der Waals surface area contributed by atoms with Gasteiger partial charge in [0.15, 0.2) is 11.5 Å². The second-order valence-corrected chi connectivity index (χ2v) is 14.5. The summed E-state index contributed by atoms with van der Waals surface area (Å²) < 4.78 is 33.7. The third-order valence-corrected chi connectivity index (χ3v) is 10.1. The molecule has 14 heteroatoms. The number of hydrogen-bond donors (Lipinski definition) is 3. The first kappa shape index (κ1) is 35.9. The number of nitrogens with one attached hydrogen (secondary N) is 2. The zero-order valence-electron chi connectivity index (χ0n) is 27.1. The molecule has 0 aromatic carbocycles. The highest BCUT2D eigenvalue weighted by Crippen LogP contribution is 2.47. The van der Waals surface area contributed by atoms with Crippen molar-refractivity contribution in [3.05, 3.63) is 12.7 Å². The van der Waals surface area contributed by atoms with Gasteiger partial charge in [-0.25, -0.2) is 25.1 Å². The van der Waals surface area contributed by atoms with Crippen LogP contribution in [0.25, 0.3) is 11.2 Å². The molecule has 0 bridgehead atoms. The topological polar surface area (TPSA) is 173 Å². The van der Waals surface area contributed by atoms with E-state index >= 15 is 0 Å². The van der Waals surface area contributed by atoms with Crippen LogP contribution in [0.5, 0.6) is 0 Å². The summed E-state index contributed by atoms with van der Waals surface area (Å²) in [6.07, 6.45) is 11.8. The second kappa shape index (κ2) is 16.6. The number of ether oxygens (including phenoxy) is 3. The number of unbranched alkanes of at least 4 members (excludes halogenated alkanes) is 6. The molecule has 2 aromatic heterocycles. The third-order valence-electron chi connectivity index (χ3n) is 7.85. The van der Waals surface area contributed by atoms with Crippen molar-refractivity contribution in [1.29, 1.82) is 0 Å². The van der Waals surface area contributed by atoms with Gasteiger partial charge < -0.3 is 24.5 Å². The maximum atomic E-state index is 14.6. The number of rotatable bonds is 21. The number of fused-ring (bicyclic) bond motifs is 1. The van der Waals surface area contributed by atoms with E-state index in [1.165, 1.54) is 6.33 Å². The molecule has 1 aliphatic rings. The predicted octanol–water partition coefficient (Wildman–Crippen LogP) is 5.09. The molecule has 2 atom stereocenters. The zero-order valence-corrected chi connectivity index (χ0v) is 28.0. The van der Waals surface area contributed by atoms with Gasteiger partial charge in [0.1, 0.15) is 29.3 Å². The number of esters is 2. The lowest BCUT2D eigenvalue weighted by Gasteiger charge is -2.43. The Labute approximate surface area is 261 Å². The number of carbonyl (C=O) groups excluding carboxylic acids is 2. The first-order valence-corrected chi connectivity index (χ1v) is 17.9. The molecule has 3 rings (SSSR count). The number of hydrogen-bond acceptors (Lipinski definition) is 10. The summed E-state index contributed by atoms with van der Waals surface area (Å²) in [5.74, 6) is -0.663. The molecule has 248 valence electrons. The SMILES string of the molecule is CCCCCCOC(=O)C(C)(C)NP(=O)(CO[C@H](C)Cn1cnc2c(N)ncnc21)NC1(C(=O)OCCCCCC)CCC1. The van der Waals surface area contributed by atoms with E-state index in [1.807, 2.05) is 6.92 Å². The lowest BCUT2D eigenvalue weighted by atomic mass is 9.78. The van der Waals surface area contributed by atoms with E-state index in [1.54, 1.807) is 24.7 Å². The summed E-state index contributed by atoms with van der Waals surface area (Å²) in [7, 11) is -3.73. The highest BCUT2D eigenvalue weighted by molar-refractivity contribution is 7.59. The minimum absolute atomic E-state index is 0.280. The Morgan fingerprint density at radius 3 is 2.32 bits per heavy atom. The maximum Gasteiger partial charge on any atom is 0.326 e. The predicted molar refractivity (Wildman–Crippen MR) is 170 cm³/mol. The molecule has 2 heterocycles. The van der Waals surface area contributed by atoms with Gasteiger partial charge in [0, 0.05) is 0 Å². The Kier molecular flexibility index (Phi) is 13.6. The number of anilines is 1. The van der Waals surface area contributed by atoms with Crippen LogP contribution in [0.2, 0.25) is 0 Å². The molecule has 1 fully saturated rings. The van der Waals surface area contributed by atoms with Gasteiger partial charge in [-0.2, -0.15) is 0 Å². The molecule has 13 nitrogen and oxygen atoms in total. The van der Waals surface area contributed by atoms with Crippen molar-refractivity contribution in [2.75, 3.05) is 25.3 Å². The van der Waals surface area contributed by atoms with Gasteiger partial charge in [0.25, 0.3) is 0 Å². The van der Waals surface area contributed by atoms with Crippen LogP contribution in [0.3, 0.4) is 0 Å². The minimum Gasteiger partial charge on any atom is -0.464 e. The fraction of sp³-hybridized carbons (Fsp3) is 0.767. The van der Waals surface area contributed by atoms with Crippen LogP contribution in [-0.4, -0.2) is 68.2 Å². The number of carbonyl (C=O) groups is 2. The van der Waals surface area contributed by atoms with Crippen LogP contribution < -0.4 is 15.9 Å². The lowest BCUT2D eigenvalue weighted by Crippen LogP contribution is -2.60. The Morgan fingerprint density at radius 2 is 1.70 bits per heavy atom. The molecule has 1 aliphatic carbocycles. The van der Waals surface area contributed by atoms with Gasteiger partial charge in [-0.1, -0.05) is 52.4 Å². The van der Waals surface area contributed by atoms with Crippen LogP contribution in [0.4, 0.5) is 5.82 Å². The summed E-state index contributed by atoms with van der Waals surface area (Å²) in [6.45, 7) is 10.3. The summed E-state index contributed by atoms with van der Waals surface area (Å²) >= 11 is 0. The highest BCUT2D eigenvalue weighted by Gasteiger charge is 2.51. The fourth-order valence-electron chi connectivity index (χ4n) is 5.13. The molecule has 0 amide bonds. The van der Waals surface area contributed by atoms with Gasteiger partial charge >= 0.3 is 11.9 Å². The molecular weight excluding hydrogens is 585 g/mol. The largest absolute Gasteiger partial charge is 0.464 e. The summed E-state index contributed by atoms with van der Waals surface area (Å²) in [4.78, 5) is 38.9. The molecule has 4 N–H and O–H groups in total. The monoisotopic (exact) mass is 637 g/mol. The van der Waals surface area contributed by atoms with Crippen LogP contribution in [0.15, 0.2) is 12.7 Å². The Balaban J connectivity index is 1.72. The molecule has 0 spiro atoms. The smallest absolute Gasteiger partial charge is 0.326 e. The lowest BCUT2D eigenvalue weighted by molar-refractivity contribution is -0.154. The first-order valence-electron chi connectivity index (χ1n) is 16.0. The van der Waals surface area contributed by atoms with E-state index in [0.29, 0.717) is 37.2 Å². The molecule has 0 radical (unpaired) electrons. The normalized spacial score (nSPS) is 16.7. The van der Waals surface area contributed by atoms with Crippen LogP contribution in [0.1, 0.15) is 105 Å². The van der Waals surface area contributed by atoms with Gasteiger partial charge in [0.05, 0.1) is 32.2 Å². The zero-order chi connectivity index (χ0) is 32.2. The van der Waals surface area contributed by atoms with Crippen LogP contribution in [-0.2, 0) is 34.9 Å². The van der Waals surface area contributed by atoms with Gasteiger partial charge in [-0.15, -0.1) is 0 Å². The van der Waals surface area contributed by atoms with E-state index in [2.05, 4.69) is 39.0 Å². The van der Waals surface area contributed by atoms with Crippen molar-refractivity contribution in [2.45, 2.75) is 129 Å². The Bertz CT molecular complexity index is 1270. The summed E-state index contributed by atoms with van der Waals surface area (Å²) in [5, 5.41) is 6.14. The Morgan fingerprint density at radius 1 is 1.05 bits per heavy atom. The molecular formula is C30H52N7O6P. The number of imidazole rings is 1. The molecule has 44 heavy (non-hydrogen) atoms. The van der Waals surface area contributed by atoms with E-state index in [-0.39, 0.29) is 18.8 Å². The van der Waals surface area contributed by atoms with Gasteiger partial charge in [-0.05, 0) is 52.9 Å². The average Bonchev–Trinajstić information content (AvgIpc) is 3.37. The molecule has 1 saturated carbocycles. The van der Waals surface area contributed by atoms with Crippen LogP contribution in [0, 0.1) is 0 Å². The second-order valence-electron chi connectivity index (χ2n) is 12.4. The van der Waals surface area contributed by atoms with Crippen molar-refractivity contribution in [1.82, 2.24) is 29.7 Å². The number of aromatic nitrogens is 4. The third kappa shape index (κ3) is 9.95. The molecule has 0 aliphatic heterocycles. The first-order chi connectivity index (χ1) is 21.0. The minimum atomic E-state index is -3.73. The Hall–Kier alpha value is -2.60. The van der Waals surface area contributed by atoms with E-state index in [4.69, 9.17) is 19.9 Å². The molecule has 0 saturated heterocycles. The number of nitrogens with two attached hydrogens (primary N) is 1. The highest BCUT2D eigenvalue weighted by atomic mass is 31.2. The number of nitrogens with zero attached hydrogens (tertiary/aromatic N) is 4. The van der Waals surface area contributed by atoms with Crippen molar-refractivity contribution in [3.63, 3.8) is 0 Å². The standard InChI is InChI=1S/C30H52N7O6P/c1-6-8-10-12-17-41-27(38)29(4,5)35-44(40,36-30(15-14-16-30)28(39)42-18-13-11-9-7-2)22-43-23(3)19-37-21-34-24-25(31)32-20-33-26(24)37/h20-21,23H,6-19,22H2,1-5H3,(H2,31,32,33)(H2,35,36,40)/t23-,44?/m1/s1. The van der Waals surface area contributed by atoms with Gasteiger partial charge in [0.2, 0.25) is 7.44 Å². The van der Waals surface area contributed by atoms with E-state index in [0.717, 1.165) is 57.8 Å². The quantitative estimate of drug-likeness (QED) is 0.0941. The van der Waals surface area contributed by atoms with Crippen molar-refractivity contribution in [2.24, 2.45) is 0 Å². The fourth-order valence-corrected chi connectivity index (χ4v) is 7.78. The number of nitrogen functional groups attached to an aromatic ring is 1. The van der Waals surface area contributed by atoms with E-state index in [9.17, 15) is 14.2 Å².